The molecule has 0 saturated carbocycles. The fourth-order valence-electron chi connectivity index (χ4n) is 1.86. The zero-order valence-corrected chi connectivity index (χ0v) is 13.0. The van der Waals surface area contributed by atoms with E-state index in [-0.39, 0.29) is 11.4 Å². The highest BCUT2D eigenvalue weighted by Crippen LogP contribution is 2.27. The smallest absolute Gasteiger partial charge is 0.258 e. The molecule has 0 aliphatic carbocycles. The molecular formula is C12H13N3O4S2. The van der Waals surface area contributed by atoms with Crippen LogP contribution in [-0.4, -0.2) is 18.3 Å². The van der Waals surface area contributed by atoms with Crippen molar-refractivity contribution in [3.8, 4) is 0 Å². The molecule has 1 aromatic carbocycles. The predicted octanol–water partition coefficient (Wildman–Crippen LogP) is 2.15. The van der Waals surface area contributed by atoms with Crippen LogP contribution in [0.2, 0.25) is 0 Å². The minimum atomic E-state index is -3.97. The molecule has 0 radical (unpaired) electrons. The Bertz CT molecular complexity index is 784. The summed E-state index contributed by atoms with van der Waals surface area (Å²) in [5, 5.41) is 11.8. The molecule has 0 bridgehead atoms. The fraction of sp³-hybridized carbons (Fsp3) is 0.250. The minimum Gasteiger partial charge on any atom is -0.258 e. The number of thiazole rings is 1. The Morgan fingerprint density at radius 2 is 2.10 bits per heavy atom. The largest absolute Gasteiger partial charge is 0.289 e. The van der Waals surface area contributed by atoms with E-state index in [9.17, 15) is 18.5 Å². The molecule has 112 valence electrons. The monoisotopic (exact) mass is 327 g/mol. The lowest BCUT2D eigenvalue weighted by molar-refractivity contribution is -0.387. The maximum Gasteiger partial charge on any atom is 0.289 e. The third-order valence-corrected chi connectivity index (χ3v) is 5.27. The number of aromatic nitrogens is 1. The number of nitro groups is 1. The molecule has 1 N–H and O–H groups in total. The van der Waals surface area contributed by atoms with Crippen LogP contribution in [0, 0.1) is 24.0 Å². The molecule has 1 aromatic heterocycles. The van der Waals surface area contributed by atoms with E-state index in [1.807, 2.05) is 6.92 Å². The zero-order chi connectivity index (χ0) is 15.6. The predicted molar refractivity (Wildman–Crippen MR) is 78.7 cm³/mol. The van der Waals surface area contributed by atoms with Gasteiger partial charge in [-0.3, -0.25) is 10.1 Å². The van der Waals surface area contributed by atoms with Gasteiger partial charge >= 0.3 is 0 Å². The normalized spacial score (nSPS) is 11.5. The number of nitrogens with zero attached hydrogens (tertiary/aromatic N) is 2. The molecule has 0 atom stereocenters. The number of nitro benzene ring substituents is 1. The average molecular weight is 327 g/mol. The van der Waals surface area contributed by atoms with E-state index in [4.69, 9.17) is 0 Å². The van der Waals surface area contributed by atoms with Gasteiger partial charge in [-0.15, -0.1) is 11.3 Å². The Hall–Kier alpha value is -1.84. The van der Waals surface area contributed by atoms with Gasteiger partial charge in [-0.2, -0.15) is 0 Å². The van der Waals surface area contributed by atoms with Crippen molar-refractivity contribution in [2.24, 2.45) is 0 Å². The van der Waals surface area contributed by atoms with Gasteiger partial charge in [0, 0.05) is 23.7 Å². The Labute approximate surface area is 125 Å². The second kappa shape index (κ2) is 5.88. The van der Waals surface area contributed by atoms with Crippen molar-refractivity contribution in [2.75, 3.05) is 0 Å². The van der Waals surface area contributed by atoms with E-state index in [1.165, 1.54) is 36.5 Å². The number of aryl methyl sites for hydroxylation is 2. The molecule has 0 fully saturated rings. The van der Waals surface area contributed by atoms with Gasteiger partial charge in [0.05, 0.1) is 9.93 Å². The first kappa shape index (κ1) is 15.5. The highest BCUT2D eigenvalue weighted by atomic mass is 32.2. The maximum absolute atomic E-state index is 12.3. The summed E-state index contributed by atoms with van der Waals surface area (Å²) in [6.45, 7) is 3.40. The Kier molecular flexibility index (Phi) is 4.35. The van der Waals surface area contributed by atoms with Gasteiger partial charge in [0.1, 0.15) is 0 Å². The van der Waals surface area contributed by atoms with Crippen LogP contribution in [0.5, 0.6) is 0 Å². The van der Waals surface area contributed by atoms with Crippen LogP contribution in [0.15, 0.2) is 29.3 Å². The highest BCUT2D eigenvalue weighted by Gasteiger charge is 2.27. The lowest BCUT2D eigenvalue weighted by atomic mass is 10.2. The molecule has 2 aromatic rings. The van der Waals surface area contributed by atoms with E-state index in [0.717, 1.165) is 9.88 Å². The minimum absolute atomic E-state index is 0.0549. The van der Waals surface area contributed by atoms with Crippen molar-refractivity contribution in [1.82, 2.24) is 9.71 Å². The topological polar surface area (TPSA) is 102 Å². The first-order valence-corrected chi connectivity index (χ1v) is 8.26. The highest BCUT2D eigenvalue weighted by molar-refractivity contribution is 7.89. The van der Waals surface area contributed by atoms with Crippen molar-refractivity contribution in [1.29, 1.82) is 0 Å². The average Bonchev–Trinajstić information content (AvgIpc) is 2.82. The van der Waals surface area contributed by atoms with Gasteiger partial charge in [-0.05, 0) is 19.4 Å². The Balaban J connectivity index is 2.33. The van der Waals surface area contributed by atoms with E-state index in [0.29, 0.717) is 5.56 Å². The lowest BCUT2D eigenvalue weighted by Gasteiger charge is -2.08. The Morgan fingerprint density at radius 3 is 2.67 bits per heavy atom. The van der Waals surface area contributed by atoms with Crippen LogP contribution < -0.4 is 4.72 Å². The van der Waals surface area contributed by atoms with E-state index < -0.39 is 20.6 Å². The molecule has 0 unspecified atom stereocenters. The van der Waals surface area contributed by atoms with Crippen LogP contribution in [0.25, 0.3) is 0 Å². The SMILES string of the molecule is Cc1ncc(CNS(=O)(=O)c2c(C)cccc2[N+](=O)[O-])s1. The lowest BCUT2D eigenvalue weighted by Crippen LogP contribution is -2.24. The summed E-state index contributed by atoms with van der Waals surface area (Å²) in [4.78, 5) is 14.8. The number of hydrogen-bond donors (Lipinski definition) is 1. The fourth-order valence-corrected chi connectivity index (χ4v) is 4.08. The van der Waals surface area contributed by atoms with E-state index >= 15 is 0 Å². The summed E-state index contributed by atoms with van der Waals surface area (Å²) in [7, 11) is -3.97. The van der Waals surface area contributed by atoms with Crippen molar-refractivity contribution >= 4 is 27.0 Å². The molecule has 0 spiro atoms. The number of hydrogen-bond acceptors (Lipinski definition) is 6. The summed E-state index contributed by atoms with van der Waals surface area (Å²) in [6, 6.07) is 4.16. The maximum atomic E-state index is 12.3. The third kappa shape index (κ3) is 3.43. The van der Waals surface area contributed by atoms with Crippen LogP contribution in [0.4, 0.5) is 5.69 Å². The summed E-state index contributed by atoms with van der Waals surface area (Å²) < 4.78 is 27.0. The molecule has 0 amide bonds. The molecule has 0 aliphatic rings. The van der Waals surface area contributed by atoms with Gasteiger partial charge in [0.2, 0.25) is 10.0 Å². The molecule has 21 heavy (non-hydrogen) atoms. The van der Waals surface area contributed by atoms with Crippen LogP contribution in [-0.2, 0) is 16.6 Å². The second-order valence-electron chi connectivity index (χ2n) is 4.35. The number of sulfonamides is 1. The van der Waals surface area contributed by atoms with Gasteiger partial charge in [-0.1, -0.05) is 12.1 Å². The molecule has 9 heteroatoms. The molecule has 7 nitrogen and oxygen atoms in total. The summed E-state index contributed by atoms with van der Waals surface area (Å²) in [6.07, 6.45) is 1.58. The summed E-state index contributed by atoms with van der Waals surface area (Å²) in [5.74, 6) is 0. The number of benzene rings is 1. The zero-order valence-electron chi connectivity index (χ0n) is 11.4. The summed E-state index contributed by atoms with van der Waals surface area (Å²) in [5.41, 5.74) is -0.0971. The van der Waals surface area contributed by atoms with Gasteiger partial charge in [0.15, 0.2) is 4.90 Å². The first-order chi connectivity index (χ1) is 9.81. The van der Waals surface area contributed by atoms with Crippen molar-refractivity contribution < 1.29 is 13.3 Å². The Morgan fingerprint density at radius 1 is 1.38 bits per heavy atom. The molecule has 2 rings (SSSR count). The van der Waals surface area contributed by atoms with E-state index in [2.05, 4.69) is 9.71 Å². The first-order valence-electron chi connectivity index (χ1n) is 5.96. The second-order valence-corrected chi connectivity index (χ2v) is 7.37. The van der Waals surface area contributed by atoms with Gasteiger partial charge in [0.25, 0.3) is 5.69 Å². The number of nitrogens with one attached hydrogen (secondary N) is 1. The van der Waals surface area contributed by atoms with Gasteiger partial charge in [-0.25, -0.2) is 18.1 Å². The van der Waals surface area contributed by atoms with E-state index in [1.54, 1.807) is 6.20 Å². The number of rotatable bonds is 5. The standard InChI is InChI=1S/C12H13N3O4S2/c1-8-4-3-5-11(15(16)17)12(8)21(18,19)14-7-10-6-13-9(2)20-10/h3-6,14H,7H2,1-2H3. The van der Waals surface area contributed by atoms with Crippen molar-refractivity contribution in [3.05, 3.63) is 50.0 Å². The van der Waals surface area contributed by atoms with Crippen LogP contribution in [0.3, 0.4) is 0 Å². The molecule has 1 heterocycles. The third-order valence-electron chi connectivity index (χ3n) is 2.76. The van der Waals surface area contributed by atoms with Gasteiger partial charge < -0.3 is 0 Å². The molecular weight excluding hydrogens is 314 g/mol. The van der Waals surface area contributed by atoms with Crippen LogP contribution in [0.1, 0.15) is 15.4 Å². The van der Waals surface area contributed by atoms with Crippen LogP contribution >= 0.6 is 11.3 Å². The van der Waals surface area contributed by atoms with Crippen molar-refractivity contribution in [3.63, 3.8) is 0 Å². The molecule has 0 aliphatic heterocycles. The van der Waals surface area contributed by atoms with Crippen molar-refractivity contribution in [2.45, 2.75) is 25.3 Å². The summed E-state index contributed by atoms with van der Waals surface area (Å²) >= 11 is 1.37. The quantitative estimate of drug-likeness (QED) is 0.669. The molecule has 0 saturated heterocycles.